The van der Waals surface area contributed by atoms with Crippen molar-refractivity contribution in [1.29, 1.82) is 0 Å². The first kappa shape index (κ1) is 23.0. The van der Waals surface area contributed by atoms with Crippen molar-refractivity contribution in [1.82, 2.24) is 10.3 Å². The molecule has 0 saturated carbocycles. The molecule has 7 heteroatoms. The van der Waals surface area contributed by atoms with E-state index in [4.69, 9.17) is 4.74 Å². The summed E-state index contributed by atoms with van der Waals surface area (Å²) in [5, 5.41) is 24.4. The number of rotatable bonds is 10. The number of carbonyl (C=O) groups is 1. The minimum Gasteiger partial charge on any atom is -0.490 e. The van der Waals surface area contributed by atoms with Gasteiger partial charge in [-0.2, -0.15) is 0 Å². The normalized spacial score (nSPS) is 12.7. The maximum absolute atomic E-state index is 11.2. The van der Waals surface area contributed by atoms with Crippen molar-refractivity contribution in [2.24, 2.45) is 0 Å². The lowest BCUT2D eigenvalue weighted by atomic mass is 9.94. The number of aromatic nitrogens is 1. The van der Waals surface area contributed by atoms with Gasteiger partial charge in [0, 0.05) is 39.6 Å². The minimum absolute atomic E-state index is 0.129. The van der Waals surface area contributed by atoms with Gasteiger partial charge in [-0.25, -0.2) is 4.79 Å². The SMILES string of the molecule is CC(C)(Cc1c[nH]c2ccccc12)NC[C@H](O)COc1ccccc1-c1ccc(C(=O)O)s1. The van der Waals surface area contributed by atoms with Crippen LogP contribution in [0.4, 0.5) is 0 Å². The quantitative estimate of drug-likeness (QED) is 0.267. The summed E-state index contributed by atoms with van der Waals surface area (Å²) in [6.45, 7) is 4.76. The van der Waals surface area contributed by atoms with Gasteiger partial charge >= 0.3 is 5.97 Å². The number of carboxylic acids is 1. The molecule has 0 aliphatic heterocycles. The topological polar surface area (TPSA) is 94.6 Å². The molecule has 2 aromatic heterocycles. The molecule has 33 heavy (non-hydrogen) atoms. The standard InChI is InChI=1S/C26H28N2O4S/c1-26(2,13-17-14-27-21-9-5-3-7-19(17)21)28-15-18(29)16-32-22-10-6-4-8-20(22)23-11-12-24(33-23)25(30)31/h3-12,14,18,27-29H,13,15-16H2,1-2H3,(H,30,31)/t18-/m0/s1. The predicted molar refractivity (Wildman–Crippen MR) is 132 cm³/mol. The van der Waals surface area contributed by atoms with E-state index in [1.54, 1.807) is 12.1 Å². The van der Waals surface area contributed by atoms with Gasteiger partial charge in [-0.1, -0.05) is 30.3 Å². The number of nitrogens with one attached hydrogen (secondary N) is 2. The Bertz CT molecular complexity index is 1240. The number of aliphatic hydroxyl groups is 1. The average Bonchev–Trinajstić information content (AvgIpc) is 3.44. The van der Waals surface area contributed by atoms with Crippen molar-refractivity contribution in [2.75, 3.05) is 13.2 Å². The average molecular weight is 465 g/mol. The molecule has 172 valence electrons. The lowest BCUT2D eigenvalue weighted by Gasteiger charge is -2.28. The highest BCUT2D eigenvalue weighted by Gasteiger charge is 2.21. The van der Waals surface area contributed by atoms with E-state index < -0.39 is 12.1 Å². The van der Waals surface area contributed by atoms with Crippen molar-refractivity contribution in [2.45, 2.75) is 31.9 Å². The van der Waals surface area contributed by atoms with Crippen LogP contribution in [0.25, 0.3) is 21.3 Å². The zero-order valence-electron chi connectivity index (χ0n) is 18.7. The van der Waals surface area contributed by atoms with E-state index in [0.29, 0.717) is 12.3 Å². The van der Waals surface area contributed by atoms with Gasteiger partial charge in [0.05, 0.1) is 0 Å². The predicted octanol–water partition coefficient (Wildman–Crippen LogP) is 4.95. The molecule has 0 spiro atoms. The third-order valence-electron chi connectivity index (χ3n) is 5.52. The highest BCUT2D eigenvalue weighted by molar-refractivity contribution is 7.17. The van der Waals surface area contributed by atoms with E-state index in [0.717, 1.165) is 22.4 Å². The van der Waals surface area contributed by atoms with Crippen LogP contribution >= 0.6 is 11.3 Å². The number of benzene rings is 2. The minimum atomic E-state index is -0.943. The fraction of sp³-hybridized carbons (Fsp3) is 0.269. The van der Waals surface area contributed by atoms with Gasteiger partial charge in [0.1, 0.15) is 23.3 Å². The molecule has 1 atom stereocenters. The maximum Gasteiger partial charge on any atom is 0.345 e. The van der Waals surface area contributed by atoms with Crippen molar-refractivity contribution in [3.63, 3.8) is 0 Å². The van der Waals surface area contributed by atoms with Crippen LogP contribution in [0.15, 0.2) is 66.9 Å². The number of aromatic carboxylic acids is 1. The van der Waals surface area contributed by atoms with Crippen LogP contribution in [0.2, 0.25) is 0 Å². The number of carboxylic acid groups (broad SMARTS) is 1. The summed E-state index contributed by atoms with van der Waals surface area (Å²) in [5.41, 5.74) is 2.96. The molecule has 0 unspecified atom stereocenters. The molecule has 4 aromatic rings. The van der Waals surface area contributed by atoms with E-state index in [2.05, 4.69) is 36.3 Å². The van der Waals surface area contributed by atoms with Gasteiger partial charge in [-0.3, -0.25) is 0 Å². The van der Waals surface area contributed by atoms with Crippen molar-refractivity contribution < 1.29 is 19.7 Å². The lowest BCUT2D eigenvalue weighted by molar-refractivity contribution is 0.0702. The summed E-state index contributed by atoms with van der Waals surface area (Å²) in [7, 11) is 0. The first-order valence-electron chi connectivity index (χ1n) is 10.9. The summed E-state index contributed by atoms with van der Waals surface area (Å²) in [6.07, 6.45) is 2.17. The van der Waals surface area contributed by atoms with Gasteiger partial charge < -0.3 is 25.3 Å². The van der Waals surface area contributed by atoms with Crippen molar-refractivity contribution >= 4 is 28.2 Å². The van der Waals surface area contributed by atoms with E-state index in [1.165, 1.54) is 22.3 Å². The molecule has 0 radical (unpaired) electrons. The molecule has 6 nitrogen and oxygen atoms in total. The number of β-amino-alcohol motifs (C(OH)–C–C–N with tert-alkyl or cyclic N) is 1. The van der Waals surface area contributed by atoms with Crippen LogP contribution < -0.4 is 10.1 Å². The molecular formula is C26H28N2O4S. The van der Waals surface area contributed by atoms with E-state index >= 15 is 0 Å². The molecule has 0 saturated heterocycles. The fourth-order valence-electron chi connectivity index (χ4n) is 3.85. The number of hydrogen-bond donors (Lipinski definition) is 4. The van der Waals surface area contributed by atoms with Crippen LogP contribution in [0.1, 0.15) is 29.1 Å². The van der Waals surface area contributed by atoms with E-state index in [-0.39, 0.29) is 17.0 Å². The Hall–Kier alpha value is -3.13. The highest BCUT2D eigenvalue weighted by atomic mass is 32.1. The summed E-state index contributed by atoms with van der Waals surface area (Å²) in [4.78, 5) is 15.6. The molecule has 0 bridgehead atoms. The van der Waals surface area contributed by atoms with Crippen LogP contribution in [0.5, 0.6) is 5.75 Å². The summed E-state index contributed by atoms with van der Waals surface area (Å²) in [6, 6.07) is 19.1. The van der Waals surface area contributed by atoms with E-state index in [9.17, 15) is 15.0 Å². The second-order valence-electron chi connectivity index (χ2n) is 8.73. The number of aliphatic hydroxyl groups excluding tert-OH is 1. The summed E-state index contributed by atoms with van der Waals surface area (Å²) < 4.78 is 5.92. The Balaban J connectivity index is 1.34. The fourth-order valence-corrected chi connectivity index (χ4v) is 4.72. The van der Waals surface area contributed by atoms with Gasteiger partial charge in [-0.05, 0) is 56.2 Å². The Kier molecular flexibility index (Phi) is 6.83. The molecule has 4 rings (SSSR count). The molecule has 2 heterocycles. The first-order chi connectivity index (χ1) is 15.8. The summed E-state index contributed by atoms with van der Waals surface area (Å²) in [5.74, 6) is -0.324. The van der Waals surface area contributed by atoms with Gasteiger partial charge in [0.25, 0.3) is 0 Å². The van der Waals surface area contributed by atoms with Crippen LogP contribution in [0.3, 0.4) is 0 Å². The number of hydrogen-bond acceptors (Lipinski definition) is 5. The number of para-hydroxylation sites is 2. The van der Waals surface area contributed by atoms with Crippen LogP contribution in [0, 0.1) is 0 Å². The molecule has 0 aliphatic carbocycles. The maximum atomic E-state index is 11.2. The zero-order chi connectivity index (χ0) is 23.4. The Morgan fingerprint density at radius 3 is 2.67 bits per heavy atom. The number of ether oxygens (including phenoxy) is 1. The van der Waals surface area contributed by atoms with Crippen molar-refractivity contribution in [3.8, 4) is 16.2 Å². The Labute approximate surface area is 196 Å². The third-order valence-corrected chi connectivity index (χ3v) is 6.63. The Morgan fingerprint density at radius 2 is 1.88 bits per heavy atom. The smallest absolute Gasteiger partial charge is 0.345 e. The molecule has 0 amide bonds. The molecule has 4 N–H and O–H groups in total. The number of aromatic amines is 1. The lowest BCUT2D eigenvalue weighted by Crippen LogP contribution is -2.46. The van der Waals surface area contributed by atoms with Gasteiger partial charge in [-0.15, -0.1) is 11.3 Å². The Morgan fingerprint density at radius 1 is 1.12 bits per heavy atom. The van der Waals surface area contributed by atoms with Crippen LogP contribution in [-0.2, 0) is 6.42 Å². The largest absolute Gasteiger partial charge is 0.490 e. The number of H-pyrrole nitrogens is 1. The molecular weight excluding hydrogens is 436 g/mol. The van der Waals surface area contributed by atoms with Gasteiger partial charge in [0.15, 0.2) is 0 Å². The summed E-state index contributed by atoms with van der Waals surface area (Å²) >= 11 is 1.20. The highest BCUT2D eigenvalue weighted by Crippen LogP contribution is 2.35. The third kappa shape index (κ3) is 5.63. The first-order valence-corrected chi connectivity index (χ1v) is 11.7. The van der Waals surface area contributed by atoms with Crippen LogP contribution in [-0.4, -0.2) is 46.0 Å². The number of fused-ring (bicyclic) bond motifs is 1. The van der Waals surface area contributed by atoms with Crippen molar-refractivity contribution in [3.05, 3.63) is 77.3 Å². The van der Waals surface area contributed by atoms with Gasteiger partial charge in [0.2, 0.25) is 0 Å². The zero-order valence-corrected chi connectivity index (χ0v) is 19.5. The molecule has 2 aromatic carbocycles. The second kappa shape index (κ2) is 9.79. The monoisotopic (exact) mass is 464 g/mol. The second-order valence-corrected chi connectivity index (χ2v) is 9.81. The molecule has 0 fully saturated rings. The number of thiophene rings is 1. The van der Waals surface area contributed by atoms with E-state index in [1.807, 2.05) is 42.6 Å². The molecule has 0 aliphatic rings.